The van der Waals surface area contributed by atoms with Crippen LogP contribution in [0.25, 0.3) is 33.5 Å². The summed E-state index contributed by atoms with van der Waals surface area (Å²) in [6.45, 7) is 3.80. The summed E-state index contributed by atoms with van der Waals surface area (Å²) in [6.07, 6.45) is 3.32. The van der Waals surface area contributed by atoms with Gasteiger partial charge >= 0.3 is 5.97 Å². The number of nitrogens with zero attached hydrogens (tertiary/aromatic N) is 1. The van der Waals surface area contributed by atoms with Gasteiger partial charge in [-0.15, -0.1) is 0 Å². The first-order valence-electron chi connectivity index (χ1n) is 10.4. The van der Waals surface area contributed by atoms with E-state index in [4.69, 9.17) is 8.83 Å². The molecule has 5 rings (SSSR count). The van der Waals surface area contributed by atoms with E-state index in [0.29, 0.717) is 33.8 Å². The summed E-state index contributed by atoms with van der Waals surface area (Å²) in [7, 11) is 0. The van der Waals surface area contributed by atoms with Crippen LogP contribution >= 0.6 is 0 Å². The number of carboxylic acids is 1. The van der Waals surface area contributed by atoms with Crippen LogP contribution in [0.2, 0.25) is 0 Å². The number of nitrogens with one attached hydrogen (secondary N) is 1. The van der Waals surface area contributed by atoms with E-state index in [1.807, 2.05) is 19.9 Å². The Kier molecular flexibility index (Phi) is 4.94. The lowest BCUT2D eigenvalue weighted by atomic mass is 10.0. The Morgan fingerprint density at radius 3 is 2.64 bits per heavy atom. The van der Waals surface area contributed by atoms with Gasteiger partial charge in [-0.05, 0) is 49.7 Å². The number of furan rings is 1. The molecule has 0 aliphatic heterocycles. The van der Waals surface area contributed by atoms with Crippen molar-refractivity contribution in [2.45, 2.75) is 19.9 Å². The first kappa shape index (κ1) is 20.5. The van der Waals surface area contributed by atoms with E-state index < -0.39 is 5.97 Å². The lowest BCUT2D eigenvalue weighted by Gasteiger charge is -2.19. The highest BCUT2D eigenvalue weighted by molar-refractivity contribution is 5.94. The van der Waals surface area contributed by atoms with Crippen molar-refractivity contribution in [1.29, 1.82) is 0 Å². The Labute approximate surface area is 188 Å². The molecule has 0 saturated heterocycles. The van der Waals surface area contributed by atoms with Crippen molar-refractivity contribution in [3.05, 3.63) is 93.9 Å². The Balaban J connectivity index is 1.64. The van der Waals surface area contributed by atoms with Crippen LogP contribution in [0.1, 0.15) is 34.5 Å². The Hall–Kier alpha value is -4.39. The fourth-order valence-electron chi connectivity index (χ4n) is 3.99. The van der Waals surface area contributed by atoms with Gasteiger partial charge in [0.1, 0.15) is 11.2 Å². The molecule has 3 aromatic heterocycles. The average Bonchev–Trinajstić information content (AvgIpc) is 3.23. The van der Waals surface area contributed by atoms with Crippen molar-refractivity contribution in [1.82, 2.24) is 4.98 Å². The van der Waals surface area contributed by atoms with E-state index in [9.17, 15) is 14.7 Å². The molecule has 2 N–H and O–H groups in total. The number of para-hydroxylation sites is 1. The minimum Gasteiger partial charge on any atom is -0.478 e. The van der Waals surface area contributed by atoms with E-state index in [1.165, 1.54) is 6.07 Å². The molecule has 0 aliphatic carbocycles. The van der Waals surface area contributed by atoms with Gasteiger partial charge in [0.05, 0.1) is 17.0 Å². The van der Waals surface area contributed by atoms with Gasteiger partial charge < -0.3 is 19.3 Å². The van der Waals surface area contributed by atoms with Gasteiger partial charge in [-0.2, -0.15) is 0 Å². The van der Waals surface area contributed by atoms with Crippen LogP contribution in [0, 0.1) is 6.92 Å². The number of carbonyl (C=O) groups is 1. The molecule has 33 heavy (non-hydrogen) atoms. The second-order valence-electron chi connectivity index (χ2n) is 7.95. The van der Waals surface area contributed by atoms with E-state index in [0.717, 1.165) is 16.5 Å². The highest BCUT2D eigenvalue weighted by Crippen LogP contribution is 2.33. The molecular weight excluding hydrogens is 420 g/mol. The van der Waals surface area contributed by atoms with Gasteiger partial charge in [-0.1, -0.05) is 18.2 Å². The number of benzene rings is 2. The lowest BCUT2D eigenvalue weighted by molar-refractivity contribution is 0.0698. The summed E-state index contributed by atoms with van der Waals surface area (Å²) in [5.74, 6) is -0.278. The minimum absolute atomic E-state index is 0.166. The number of aryl methyl sites for hydroxylation is 1. The molecule has 0 radical (unpaired) electrons. The molecule has 3 heterocycles. The topological polar surface area (TPSA) is 106 Å². The summed E-state index contributed by atoms with van der Waals surface area (Å²) < 4.78 is 12.1. The van der Waals surface area contributed by atoms with Crippen LogP contribution in [-0.2, 0) is 0 Å². The number of rotatable bonds is 5. The third-order valence-electron chi connectivity index (χ3n) is 5.56. The molecule has 0 amide bonds. The van der Waals surface area contributed by atoms with Crippen LogP contribution in [-0.4, -0.2) is 16.1 Å². The minimum atomic E-state index is -1.02. The fraction of sp³-hybridized carbons (Fsp3) is 0.115. The Morgan fingerprint density at radius 1 is 1.06 bits per heavy atom. The largest absolute Gasteiger partial charge is 0.478 e. The van der Waals surface area contributed by atoms with Gasteiger partial charge in [0.25, 0.3) is 0 Å². The molecule has 0 spiro atoms. The van der Waals surface area contributed by atoms with Crippen molar-refractivity contribution in [3.63, 3.8) is 0 Å². The molecule has 1 atom stereocenters. The molecule has 7 nitrogen and oxygen atoms in total. The summed E-state index contributed by atoms with van der Waals surface area (Å²) >= 11 is 0. The summed E-state index contributed by atoms with van der Waals surface area (Å²) in [4.78, 5) is 28.7. The first-order chi connectivity index (χ1) is 15.9. The van der Waals surface area contributed by atoms with Crippen LogP contribution in [0.15, 0.2) is 80.6 Å². The Morgan fingerprint density at radius 2 is 1.85 bits per heavy atom. The summed E-state index contributed by atoms with van der Waals surface area (Å²) in [5, 5.41) is 14.0. The predicted octanol–water partition coefficient (Wildman–Crippen LogP) is 5.78. The number of aromatic carboxylic acids is 1. The van der Waals surface area contributed by atoms with Crippen molar-refractivity contribution in [2.24, 2.45) is 0 Å². The maximum Gasteiger partial charge on any atom is 0.337 e. The molecular formula is C26H20N2O5. The zero-order valence-corrected chi connectivity index (χ0v) is 18.0. The summed E-state index contributed by atoms with van der Waals surface area (Å²) in [5.41, 5.74) is 3.17. The second kappa shape index (κ2) is 7.94. The van der Waals surface area contributed by atoms with Crippen LogP contribution in [0.5, 0.6) is 0 Å². The van der Waals surface area contributed by atoms with Crippen molar-refractivity contribution < 1.29 is 18.7 Å². The third kappa shape index (κ3) is 3.74. The van der Waals surface area contributed by atoms with Crippen LogP contribution in [0.4, 0.5) is 5.69 Å². The SMILES string of the molecule is Cc1cc(C(C)Nc2ccccc2C(=O)O)c2oc(-c3cc4cnccc4o3)cc(=O)c2c1. The number of aromatic nitrogens is 1. The molecule has 5 aromatic rings. The molecule has 1 unspecified atom stereocenters. The van der Waals surface area contributed by atoms with Gasteiger partial charge in [0, 0.05) is 35.1 Å². The zero-order valence-electron chi connectivity index (χ0n) is 18.0. The van der Waals surface area contributed by atoms with Crippen LogP contribution < -0.4 is 10.7 Å². The molecule has 2 aromatic carbocycles. The highest BCUT2D eigenvalue weighted by atomic mass is 16.4. The number of pyridine rings is 1. The second-order valence-corrected chi connectivity index (χ2v) is 7.95. The molecule has 0 aliphatic rings. The maximum absolute atomic E-state index is 13.0. The van der Waals surface area contributed by atoms with E-state index >= 15 is 0 Å². The van der Waals surface area contributed by atoms with Gasteiger partial charge in [0.15, 0.2) is 16.9 Å². The highest BCUT2D eigenvalue weighted by Gasteiger charge is 2.19. The molecule has 0 saturated carbocycles. The monoisotopic (exact) mass is 440 g/mol. The summed E-state index contributed by atoms with van der Waals surface area (Å²) in [6, 6.07) is 15.0. The maximum atomic E-state index is 13.0. The molecule has 164 valence electrons. The van der Waals surface area contributed by atoms with Crippen molar-refractivity contribution in [3.8, 4) is 11.5 Å². The Bertz CT molecular complexity index is 1550. The quantitative estimate of drug-likeness (QED) is 0.357. The van der Waals surface area contributed by atoms with E-state index in [-0.39, 0.29) is 17.0 Å². The number of fused-ring (bicyclic) bond motifs is 2. The zero-order chi connectivity index (χ0) is 23.1. The van der Waals surface area contributed by atoms with Crippen molar-refractivity contribution >= 4 is 33.6 Å². The number of hydrogen-bond donors (Lipinski definition) is 2. The molecule has 0 fully saturated rings. The van der Waals surface area contributed by atoms with Crippen LogP contribution in [0.3, 0.4) is 0 Å². The van der Waals surface area contributed by atoms with Gasteiger partial charge in [-0.3, -0.25) is 9.78 Å². The first-order valence-corrected chi connectivity index (χ1v) is 10.4. The smallest absolute Gasteiger partial charge is 0.337 e. The number of anilines is 1. The lowest BCUT2D eigenvalue weighted by Crippen LogP contribution is -2.12. The predicted molar refractivity (Wildman–Crippen MR) is 126 cm³/mol. The third-order valence-corrected chi connectivity index (χ3v) is 5.56. The van der Waals surface area contributed by atoms with E-state index in [1.54, 1.807) is 54.9 Å². The standard InChI is InChI=1S/C26H20N2O5/c1-14-9-18(15(2)28-20-6-4-3-5-17(20)26(30)31)25-19(10-14)21(29)12-24(33-25)23-11-16-13-27-8-7-22(16)32-23/h3-13,15,28H,1-2H3,(H,30,31). The van der Waals surface area contributed by atoms with Gasteiger partial charge in [0.2, 0.25) is 0 Å². The van der Waals surface area contributed by atoms with Gasteiger partial charge in [-0.25, -0.2) is 4.79 Å². The molecule has 7 heteroatoms. The average molecular weight is 440 g/mol. The van der Waals surface area contributed by atoms with Crippen molar-refractivity contribution in [2.75, 3.05) is 5.32 Å². The number of hydrogen-bond acceptors (Lipinski definition) is 6. The van der Waals surface area contributed by atoms with E-state index in [2.05, 4.69) is 10.3 Å². The normalized spacial score (nSPS) is 12.2. The fourth-order valence-corrected chi connectivity index (χ4v) is 3.99. The molecule has 0 bridgehead atoms. The number of carboxylic acid groups (broad SMARTS) is 1.